The highest BCUT2D eigenvalue weighted by atomic mass is 79.9. The third-order valence-electron chi connectivity index (χ3n) is 2.73. The van der Waals surface area contributed by atoms with Crippen LogP contribution in [0.25, 0.3) is 0 Å². The fraction of sp³-hybridized carbons (Fsp3) is 0.143. The lowest BCUT2D eigenvalue weighted by Crippen LogP contribution is -2.00. The number of aryl methyl sites for hydroxylation is 1. The van der Waals surface area contributed by atoms with Crippen molar-refractivity contribution in [1.29, 1.82) is 0 Å². The molecule has 0 unspecified atom stereocenters. The summed E-state index contributed by atoms with van der Waals surface area (Å²) >= 11 is 3.40. The molecule has 0 spiro atoms. The average molecular weight is 309 g/mol. The summed E-state index contributed by atoms with van der Waals surface area (Å²) in [4.78, 5) is 0. The second-order valence-electron chi connectivity index (χ2n) is 4.10. The summed E-state index contributed by atoms with van der Waals surface area (Å²) in [6, 6.07) is 10.8. The lowest BCUT2D eigenvalue weighted by Gasteiger charge is -2.11. The Balaban J connectivity index is 2.28. The van der Waals surface area contributed by atoms with Crippen LogP contribution in [0.4, 0.5) is 15.8 Å². The molecule has 2 rings (SSSR count). The van der Waals surface area contributed by atoms with E-state index in [0.29, 0.717) is 12.2 Å². The van der Waals surface area contributed by atoms with E-state index in [1.54, 1.807) is 6.07 Å². The zero-order valence-corrected chi connectivity index (χ0v) is 11.6. The van der Waals surface area contributed by atoms with Crippen LogP contribution in [-0.2, 0) is 6.54 Å². The average Bonchev–Trinajstić information content (AvgIpc) is 2.34. The van der Waals surface area contributed by atoms with Crippen molar-refractivity contribution in [2.45, 2.75) is 13.5 Å². The van der Waals surface area contributed by atoms with E-state index in [-0.39, 0.29) is 5.82 Å². The Kier molecular flexibility index (Phi) is 3.99. The van der Waals surface area contributed by atoms with Gasteiger partial charge >= 0.3 is 0 Å². The minimum absolute atomic E-state index is 0.291. The smallest absolute Gasteiger partial charge is 0.146 e. The molecular weight excluding hydrogens is 295 g/mol. The van der Waals surface area contributed by atoms with Gasteiger partial charge in [-0.15, -0.1) is 0 Å². The summed E-state index contributed by atoms with van der Waals surface area (Å²) in [7, 11) is 0. The van der Waals surface area contributed by atoms with Crippen LogP contribution in [0.5, 0.6) is 0 Å². The lowest BCUT2D eigenvalue weighted by atomic mass is 10.1. The van der Waals surface area contributed by atoms with Crippen molar-refractivity contribution < 1.29 is 4.39 Å². The number of benzene rings is 2. The molecule has 0 saturated heterocycles. The van der Waals surface area contributed by atoms with Crippen LogP contribution in [0.1, 0.15) is 11.1 Å². The first-order valence-corrected chi connectivity index (χ1v) is 6.41. The molecule has 0 fully saturated rings. The van der Waals surface area contributed by atoms with Crippen molar-refractivity contribution in [3.05, 3.63) is 57.8 Å². The van der Waals surface area contributed by atoms with E-state index < -0.39 is 0 Å². The topological polar surface area (TPSA) is 38.0 Å². The van der Waals surface area contributed by atoms with Gasteiger partial charge in [-0.2, -0.15) is 0 Å². The third kappa shape index (κ3) is 2.89. The second-order valence-corrected chi connectivity index (χ2v) is 5.02. The largest absolute Gasteiger partial charge is 0.353 e. The number of nitrogens with one attached hydrogen (secondary N) is 1. The molecular formula is C14H14BrFN2. The van der Waals surface area contributed by atoms with Crippen molar-refractivity contribution in [1.82, 2.24) is 0 Å². The molecule has 0 amide bonds. The maximum Gasteiger partial charge on any atom is 0.146 e. The summed E-state index contributed by atoms with van der Waals surface area (Å²) in [6.07, 6.45) is 0. The predicted molar refractivity (Wildman–Crippen MR) is 76.5 cm³/mol. The first-order chi connectivity index (χ1) is 8.60. The summed E-state index contributed by atoms with van der Waals surface area (Å²) in [6.45, 7) is 2.31. The van der Waals surface area contributed by atoms with Crippen LogP contribution in [0, 0.1) is 12.7 Å². The first kappa shape index (κ1) is 13.1. The molecule has 4 heteroatoms. The molecule has 0 radical (unpaired) electrons. The molecule has 0 bridgehead atoms. The van der Waals surface area contributed by atoms with Crippen LogP contribution < -0.4 is 11.1 Å². The van der Waals surface area contributed by atoms with E-state index in [2.05, 4.69) is 21.2 Å². The predicted octanol–water partition coefficient (Wildman–Crippen LogP) is 4.10. The molecule has 0 aliphatic carbocycles. The number of anilines is 2. The minimum atomic E-state index is -0.291. The number of rotatable bonds is 3. The van der Waals surface area contributed by atoms with Gasteiger partial charge in [0, 0.05) is 16.7 Å². The summed E-state index contributed by atoms with van der Waals surface area (Å²) in [5, 5.41) is 3.08. The molecule has 0 aromatic heterocycles. The van der Waals surface area contributed by atoms with Crippen molar-refractivity contribution in [2.75, 3.05) is 5.32 Å². The second kappa shape index (κ2) is 5.50. The Morgan fingerprint density at radius 2 is 1.89 bits per heavy atom. The number of hydrogen-bond acceptors (Lipinski definition) is 2. The van der Waals surface area contributed by atoms with Gasteiger partial charge in [0.1, 0.15) is 5.82 Å². The van der Waals surface area contributed by atoms with Crippen LogP contribution >= 0.6 is 15.9 Å². The standard InChI is InChI=1S/C14H14BrFN2/c1-9-6-11(15)3-5-13(9)18-14-4-2-10(8-17)7-12(14)16/h2-7,18H,8,17H2,1H3. The van der Waals surface area contributed by atoms with Crippen LogP contribution in [0.2, 0.25) is 0 Å². The molecule has 0 atom stereocenters. The molecule has 2 aromatic carbocycles. The Hall–Kier alpha value is -1.39. The van der Waals surface area contributed by atoms with Gasteiger partial charge in [0.05, 0.1) is 5.69 Å². The Morgan fingerprint density at radius 3 is 2.50 bits per heavy atom. The monoisotopic (exact) mass is 308 g/mol. The van der Waals surface area contributed by atoms with E-state index in [1.165, 1.54) is 6.07 Å². The summed E-state index contributed by atoms with van der Waals surface area (Å²) in [5.41, 5.74) is 8.64. The Morgan fingerprint density at radius 1 is 1.17 bits per heavy atom. The molecule has 3 N–H and O–H groups in total. The van der Waals surface area contributed by atoms with E-state index >= 15 is 0 Å². The molecule has 0 heterocycles. The van der Waals surface area contributed by atoms with Crippen molar-refractivity contribution in [3.63, 3.8) is 0 Å². The van der Waals surface area contributed by atoms with Crippen LogP contribution in [0.3, 0.4) is 0 Å². The molecule has 2 nitrogen and oxygen atoms in total. The fourth-order valence-electron chi connectivity index (χ4n) is 1.70. The van der Waals surface area contributed by atoms with Gasteiger partial charge in [0.15, 0.2) is 0 Å². The molecule has 94 valence electrons. The maximum atomic E-state index is 13.8. The van der Waals surface area contributed by atoms with Crippen molar-refractivity contribution in [3.8, 4) is 0 Å². The molecule has 0 aliphatic heterocycles. The van der Waals surface area contributed by atoms with E-state index in [9.17, 15) is 4.39 Å². The van der Waals surface area contributed by atoms with Crippen LogP contribution in [0.15, 0.2) is 40.9 Å². The Labute approximate surface area is 114 Å². The minimum Gasteiger partial charge on any atom is -0.353 e. The third-order valence-corrected chi connectivity index (χ3v) is 3.22. The fourth-order valence-corrected chi connectivity index (χ4v) is 2.17. The van der Waals surface area contributed by atoms with E-state index in [0.717, 1.165) is 21.3 Å². The summed E-state index contributed by atoms with van der Waals surface area (Å²) < 4.78 is 14.8. The molecule has 18 heavy (non-hydrogen) atoms. The highest BCUT2D eigenvalue weighted by Crippen LogP contribution is 2.25. The van der Waals surface area contributed by atoms with E-state index in [4.69, 9.17) is 5.73 Å². The van der Waals surface area contributed by atoms with Gasteiger partial charge in [-0.3, -0.25) is 0 Å². The van der Waals surface area contributed by atoms with Crippen molar-refractivity contribution in [2.24, 2.45) is 5.73 Å². The maximum absolute atomic E-state index is 13.8. The zero-order chi connectivity index (χ0) is 13.1. The first-order valence-electron chi connectivity index (χ1n) is 5.62. The number of hydrogen-bond donors (Lipinski definition) is 2. The Bertz CT molecular complexity index is 570. The zero-order valence-electron chi connectivity index (χ0n) is 10.0. The number of halogens is 2. The van der Waals surface area contributed by atoms with Gasteiger partial charge in [0.2, 0.25) is 0 Å². The van der Waals surface area contributed by atoms with Gasteiger partial charge in [0.25, 0.3) is 0 Å². The molecule has 0 saturated carbocycles. The SMILES string of the molecule is Cc1cc(Br)ccc1Nc1ccc(CN)cc1F. The van der Waals surface area contributed by atoms with Crippen molar-refractivity contribution >= 4 is 27.3 Å². The highest BCUT2D eigenvalue weighted by Gasteiger charge is 2.05. The summed E-state index contributed by atoms with van der Waals surface area (Å²) in [5.74, 6) is -0.291. The lowest BCUT2D eigenvalue weighted by molar-refractivity contribution is 0.629. The number of nitrogens with two attached hydrogens (primary N) is 1. The van der Waals surface area contributed by atoms with Gasteiger partial charge in [-0.05, 0) is 48.4 Å². The van der Waals surface area contributed by atoms with E-state index in [1.807, 2.05) is 31.2 Å². The quantitative estimate of drug-likeness (QED) is 0.896. The molecule has 0 aliphatic rings. The van der Waals surface area contributed by atoms with Gasteiger partial charge in [-0.25, -0.2) is 4.39 Å². The van der Waals surface area contributed by atoms with Gasteiger partial charge < -0.3 is 11.1 Å². The molecule has 2 aromatic rings. The van der Waals surface area contributed by atoms with Crippen LogP contribution in [-0.4, -0.2) is 0 Å². The normalized spacial score (nSPS) is 10.4. The highest BCUT2D eigenvalue weighted by molar-refractivity contribution is 9.10. The van der Waals surface area contributed by atoms with Gasteiger partial charge in [-0.1, -0.05) is 22.0 Å².